The van der Waals surface area contributed by atoms with Crippen molar-refractivity contribution < 1.29 is 4.48 Å². The molecule has 66 valence electrons. The van der Waals surface area contributed by atoms with Crippen molar-refractivity contribution >= 4 is 5.71 Å². The monoisotopic (exact) mass is 176 g/mol. The van der Waals surface area contributed by atoms with Crippen LogP contribution in [-0.4, -0.2) is 10.7 Å². The summed E-state index contributed by atoms with van der Waals surface area (Å²) in [6.07, 6.45) is 6.25. The zero-order valence-corrected chi connectivity index (χ0v) is 7.02. The van der Waals surface area contributed by atoms with Crippen LogP contribution in [0, 0.1) is 0 Å². The van der Waals surface area contributed by atoms with E-state index in [9.17, 15) is 4.48 Å². The molecule has 0 bridgehead atoms. The van der Waals surface area contributed by atoms with E-state index in [2.05, 4.69) is 16.8 Å². The molecular formula is C10H9FN2. The van der Waals surface area contributed by atoms with E-state index in [1.165, 1.54) is 6.08 Å². The lowest BCUT2D eigenvalue weighted by Crippen LogP contribution is -1.97. The lowest BCUT2D eigenvalue weighted by molar-refractivity contribution is 0.538. The van der Waals surface area contributed by atoms with Gasteiger partial charge in [-0.25, -0.2) is 0 Å². The number of hydrogen-bond donors (Lipinski definition) is 0. The van der Waals surface area contributed by atoms with Crippen LogP contribution < -0.4 is 0 Å². The SMILES string of the molecule is C=C/C=C\C(=N\F)c1ccccn1. The lowest BCUT2D eigenvalue weighted by atomic mass is 10.2. The van der Waals surface area contributed by atoms with Gasteiger partial charge in [0.2, 0.25) is 0 Å². The van der Waals surface area contributed by atoms with Gasteiger partial charge in [-0.15, -0.1) is 0 Å². The molecule has 0 saturated heterocycles. The van der Waals surface area contributed by atoms with Crippen molar-refractivity contribution in [3.05, 3.63) is 54.9 Å². The maximum absolute atomic E-state index is 12.1. The van der Waals surface area contributed by atoms with Crippen molar-refractivity contribution in [2.75, 3.05) is 0 Å². The third-order valence-electron chi connectivity index (χ3n) is 1.41. The van der Waals surface area contributed by atoms with Crippen LogP contribution in [0.2, 0.25) is 0 Å². The van der Waals surface area contributed by atoms with Crippen molar-refractivity contribution in [1.29, 1.82) is 0 Å². The summed E-state index contributed by atoms with van der Waals surface area (Å²) in [7, 11) is 0. The van der Waals surface area contributed by atoms with E-state index in [1.807, 2.05) is 0 Å². The van der Waals surface area contributed by atoms with E-state index in [0.717, 1.165) is 0 Å². The topological polar surface area (TPSA) is 25.2 Å². The molecule has 0 saturated carbocycles. The molecule has 1 aromatic rings. The second-order valence-electron chi connectivity index (χ2n) is 2.28. The molecular weight excluding hydrogens is 167 g/mol. The molecule has 2 nitrogen and oxygen atoms in total. The number of hydrogen-bond acceptors (Lipinski definition) is 2. The van der Waals surface area contributed by atoms with Crippen LogP contribution in [0.5, 0.6) is 0 Å². The minimum atomic E-state index is 0.195. The quantitative estimate of drug-likeness (QED) is 0.513. The van der Waals surface area contributed by atoms with E-state index in [-0.39, 0.29) is 5.71 Å². The fraction of sp³-hybridized carbons (Fsp3) is 0. The first-order valence-corrected chi connectivity index (χ1v) is 3.78. The smallest absolute Gasteiger partial charge is 0.122 e. The molecule has 3 heteroatoms. The Kier molecular flexibility index (Phi) is 3.57. The summed E-state index contributed by atoms with van der Waals surface area (Å²) in [5.41, 5.74) is 0.698. The Morgan fingerprint density at radius 3 is 2.92 bits per heavy atom. The highest BCUT2D eigenvalue weighted by Crippen LogP contribution is 1.99. The molecule has 0 atom stereocenters. The first-order valence-electron chi connectivity index (χ1n) is 3.78. The summed E-state index contributed by atoms with van der Waals surface area (Å²) in [4.78, 5) is 3.95. The number of aromatic nitrogens is 1. The maximum Gasteiger partial charge on any atom is 0.122 e. The molecule has 0 aliphatic carbocycles. The maximum atomic E-state index is 12.1. The Hall–Kier alpha value is -1.77. The van der Waals surface area contributed by atoms with Crippen molar-refractivity contribution in [1.82, 2.24) is 4.98 Å². The van der Waals surface area contributed by atoms with E-state index in [1.54, 1.807) is 36.5 Å². The van der Waals surface area contributed by atoms with Gasteiger partial charge in [-0.05, 0) is 18.2 Å². The summed E-state index contributed by atoms with van der Waals surface area (Å²) in [6.45, 7) is 3.48. The predicted molar refractivity (Wildman–Crippen MR) is 51.2 cm³/mol. The van der Waals surface area contributed by atoms with Crippen molar-refractivity contribution in [3.63, 3.8) is 0 Å². The minimum Gasteiger partial charge on any atom is -0.255 e. The summed E-state index contributed by atoms with van der Waals surface area (Å²) >= 11 is 0. The van der Waals surface area contributed by atoms with Crippen LogP contribution in [0.15, 0.2) is 54.4 Å². The van der Waals surface area contributed by atoms with Crippen LogP contribution in [0.3, 0.4) is 0 Å². The van der Waals surface area contributed by atoms with E-state index < -0.39 is 0 Å². The van der Waals surface area contributed by atoms with Gasteiger partial charge in [-0.1, -0.05) is 34.5 Å². The summed E-state index contributed by atoms with van der Waals surface area (Å²) in [5.74, 6) is 0. The van der Waals surface area contributed by atoms with Gasteiger partial charge in [0, 0.05) is 6.20 Å². The molecule has 0 aliphatic heterocycles. The van der Waals surface area contributed by atoms with Gasteiger partial charge >= 0.3 is 0 Å². The molecule has 13 heavy (non-hydrogen) atoms. The fourth-order valence-electron chi connectivity index (χ4n) is 0.830. The molecule has 1 heterocycles. The van der Waals surface area contributed by atoms with Crippen LogP contribution in [0.25, 0.3) is 0 Å². The van der Waals surface area contributed by atoms with Gasteiger partial charge in [-0.3, -0.25) is 4.98 Å². The highest BCUT2D eigenvalue weighted by atomic mass is 19.2. The number of rotatable bonds is 3. The molecule has 0 aliphatic rings. The van der Waals surface area contributed by atoms with Crippen LogP contribution in [0.4, 0.5) is 4.48 Å². The van der Waals surface area contributed by atoms with Gasteiger partial charge in [0.1, 0.15) is 5.71 Å². The Labute approximate surface area is 76.1 Å². The van der Waals surface area contributed by atoms with Gasteiger partial charge in [-0.2, -0.15) is 0 Å². The highest BCUT2D eigenvalue weighted by Gasteiger charge is 1.98. The largest absolute Gasteiger partial charge is 0.255 e. The molecule has 0 aromatic carbocycles. The summed E-state index contributed by atoms with van der Waals surface area (Å²) in [5, 5.41) is 2.62. The molecule has 0 unspecified atom stereocenters. The molecule has 0 spiro atoms. The molecule has 0 amide bonds. The van der Waals surface area contributed by atoms with E-state index >= 15 is 0 Å². The first kappa shape index (κ1) is 9.32. The van der Waals surface area contributed by atoms with Crippen molar-refractivity contribution in [2.24, 2.45) is 5.21 Å². The summed E-state index contributed by atoms with van der Waals surface area (Å²) in [6, 6.07) is 5.22. The van der Waals surface area contributed by atoms with Gasteiger partial charge in [0.05, 0.1) is 5.69 Å². The predicted octanol–water partition coefficient (Wildman–Crippen LogP) is 2.50. The Balaban J connectivity index is 2.92. The zero-order valence-electron chi connectivity index (χ0n) is 7.02. The average molecular weight is 176 g/mol. The standard InChI is InChI=1S/C10H9FN2/c1-2-3-6-10(13-11)9-7-4-5-8-12-9/h2-8H,1H2/b6-3-,13-10-. The highest BCUT2D eigenvalue weighted by molar-refractivity contribution is 6.07. The molecule has 0 fully saturated rings. The van der Waals surface area contributed by atoms with Gasteiger partial charge < -0.3 is 0 Å². The number of halogens is 1. The first-order chi connectivity index (χ1) is 6.38. The molecule has 1 aromatic heterocycles. The fourth-order valence-corrected chi connectivity index (χ4v) is 0.830. The minimum absolute atomic E-state index is 0.195. The second-order valence-corrected chi connectivity index (χ2v) is 2.28. The van der Waals surface area contributed by atoms with E-state index in [4.69, 9.17) is 0 Å². The second kappa shape index (κ2) is 4.98. The third kappa shape index (κ3) is 2.63. The van der Waals surface area contributed by atoms with Gasteiger partial charge in [0.25, 0.3) is 0 Å². The van der Waals surface area contributed by atoms with Crippen molar-refractivity contribution in [3.8, 4) is 0 Å². The third-order valence-corrected chi connectivity index (χ3v) is 1.41. The molecule has 0 radical (unpaired) electrons. The average Bonchev–Trinajstić information content (AvgIpc) is 2.21. The molecule has 1 rings (SSSR count). The van der Waals surface area contributed by atoms with Crippen molar-refractivity contribution in [2.45, 2.75) is 0 Å². The normalized spacial score (nSPS) is 11.9. The van der Waals surface area contributed by atoms with Gasteiger partial charge in [0.15, 0.2) is 0 Å². The number of allylic oxidation sites excluding steroid dienone is 3. The van der Waals surface area contributed by atoms with Crippen LogP contribution in [-0.2, 0) is 0 Å². The zero-order chi connectivity index (χ0) is 9.52. The Morgan fingerprint density at radius 2 is 2.38 bits per heavy atom. The Morgan fingerprint density at radius 1 is 1.54 bits per heavy atom. The van der Waals surface area contributed by atoms with E-state index in [0.29, 0.717) is 5.69 Å². The number of pyridine rings is 1. The molecule has 0 N–H and O–H groups in total. The lowest BCUT2D eigenvalue weighted by Gasteiger charge is -1.94. The van der Waals surface area contributed by atoms with Crippen LogP contribution >= 0.6 is 0 Å². The van der Waals surface area contributed by atoms with Crippen LogP contribution in [0.1, 0.15) is 5.69 Å². The number of nitrogens with zero attached hydrogens (tertiary/aromatic N) is 2. The summed E-state index contributed by atoms with van der Waals surface area (Å²) < 4.78 is 12.1. The Bertz CT molecular complexity index is 328.